The van der Waals surface area contributed by atoms with E-state index in [4.69, 9.17) is 39.5 Å². The second-order valence-electron chi connectivity index (χ2n) is 12.8. The molecule has 1 aromatic carbocycles. The minimum atomic E-state index is -1.75. The quantitative estimate of drug-likeness (QED) is 0.189. The normalized spacial score (nSPS) is 17.7. The number of nitrogens with one attached hydrogen (secondary N) is 3. The number of esters is 1. The molecule has 1 fully saturated rings. The van der Waals surface area contributed by atoms with E-state index in [1.807, 2.05) is 52.0 Å². The van der Waals surface area contributed by atoms with Gasteiger partial charge in [0.15, 0.2) is 0 Å². The molecule has 46 heavy (non-hydrogen) atoms. The largest absolute Gasteiger partial charge is 0.460 e. The maximum atomic E-state index is 13.4. The molecule has 11 nitrogen and oxygen atoms in total. The van der Waals surface area contributed by atoms with E-state index in [1.165, 1.54) is 5.01 Å². The van der Waals surface area contributed by atoms with E-state index in [2.05, 4.69) is 21.0 Å². The van der Waals surface area contributed by atoms with Crippen molar-refractivity contribution in [3.05, 3.63) is 41.7 Å². The van der Waals surface area contributed by atoms with Crippen molar-refractivity contribution in [1.29, 1.82) is 0 Å². The molecule has 0 radical (unpaired) electrons. The molecule has 1 saturated heterocycles. The van der Waals surface area contributed by atoms with Crippen molar-refractivity contribution in [3.8, 4) is 0 Å². The van der Waals surface area contributed by atoms with Gasteiger partial charge in [0.2, 0.25) is 15.6 Å². The summed E-state index contributed by atoms with van der Waals surface area (Å²) < 4.78 is 3.28. The standard InChI is InChI=1S/C32H44Cl3N5O6/c1-18(2)26(27(42)37-19(3)28(43)40-13-7-8-24(39-40)29(44)46-17-32(33,34)35)38-30(45)31(5,6)12-11-21-9-10-22-16-36-25(20(4)41)15-23(22)14-21/h9-10,14-16,18-20,24,26,39,41H,7-8,11-13,17H2,1-6H3,(H,37,42)(H,38,45)/t19-,20+,24-,26-/m0/s1. The van der Waals surface area contributed by atoms with Crippen molar-refractivity contribution in [1.82, 2.24) is 26.1 Å². The number of nitrogens with zero attached hydrogens (tertiary/aromatic N) is 2. The Balaban J connectivity index is 1.58. The Labute approximate surface area is 285 Å². The number of alkyl halides is 3. The molecular formula is C32H44Cl3N5O6. The van der Waals surface area contributed by atoms with Gasteiger partial charge in [0, 0.05) is 23.5 Å². The Morgan fingerprint density at radius 3 is 2.41 bits per heavy atom. The Bertz CT molecular complexity index is 1410. The highest BCUT2D eigenvalue weighted by atomic mass is 35.6. The van der Waals surface area contributed by atoms with Crippen LogP contribution in [0.3, 0.4) is 0 Å². The average molecular weight is 701 g/mol. The zero-order valence-corrected chi connectivity index (χ0v) is 29.3. The second-order valence-corrected chi connectivity index (χ2v) is 15.3. The van der Waals surface area contributed by atoms with E-state index in [0.717, 1.165) is 16.3 Å². The first-order valence-electron chi connectivity index (χ1n) is 15.4. The Hall–Kier alpha value is -2.70. The molecule has 254 valence electrons. The number of hydrazine groups is 1. The molecule has 4 N–H and O–H groups in total. The lowest BCUT2D eigenvalue weighted by molar-refractivity contribution is -0.152. The van der Waals surface area contributed by atoms with Crippen molar-refractivity contribution in [2.75, 3.05) is 13.2 Å². The van der Waals surface area contributed by atoms with E-state index in [9.17, 15) is 24.3 Å². The summed E-state index contributed by atoms with van der Waals surface area (Å²) in [6.45, 7) is 10.4. The topological polar surface area (TPSA) is 150 Å². The van der Waals surface area contributed by atoms with Gasteiger partial charge in [-0.1, -0.05) is 80.7 Å². The van der Waals surface area contributed by atoms with Crippen LogP contribution in [0.25, 0.3) is 10.8 Å². The van der Waals surface area contributed by atoms with Crippen molar-refractivity contribution < 1.29 is 29.0 Å². The molecule has 2 aromatic rings. The lowest BCUT2D eigenvalue weighted by atomic mass is 9.84. The van der Waals surface area contributed by atoms with Crippen LogP contribution in [0.2, 0.25) is 0 Å². The van der Waals surface area contributed by atoms with Crippen LogP contribution in [0.15, 0.2) is 30.5 Å². The molecule has 1 aromatic heterocycles. The minimum absolute atomic E-state index is 0.260. The molecular weight excluding hydrogens is 657 g/mol. The molecule has 0 unspecified atom stereocenters. The van der Waals surface area contributed by atoms with Crippen molar-refractivity contribution in [3.63, 3.8) is 0 Å². The number of ether oxygens (including phenoxy) is 1. The number of aryl methyl sites for hydroxylation is 1. The van der Waals surface area contributed by atoms with Gasteiger partial charge in [0.25, 0.3) is 5.91 Å². The summed E-state index contributed by atoms with van der Waals surface area (Å²) in [4.78, 5) is 56.6. The Morgan fingerprint density at radius 2 is 1.78 bits per heavy atom. The molecule has 1 aliphatic rings. The third kappa shape index (κ3) is 10.7. The lowest BCUT2D eigenvalue weighted by Gasteiger charge is -2.35. The highest BCUT2D eigenvalue weighted by molar-refractivity contribution is 6.67. The highest BCUT2D eigenvalue weighted by Gasteiger charge is 2.36. The SMILES string of the molecule is CC(C)[C@H](NC(=O)C(C)(C)CCc1ccc2cnc([C@@H](C)O)cc2c1)C(=O)N[C@@H](C)C(=O)N1CCC[C@@H](C(=O)OCC(Cl)(Cl)Cl)N1. The highest BCUT2D eigenvalue weighted by Crippen LogP contribution is 2.27. The van der Waals surface area contributed by atoms with Crippen LogP contribution in [0.4, 0.5) is 0 Å². The number of aliphatic hydroxyl groups excluding tert-OH is 1. The summed E-state index contributed by atoms with van der Waals surface area (Å²) in [5, 5.41) is 18.7. The third-order valence-corrected chi connectivity index (χ3v) is 8.30. The number of carbonyl (C=O) groups excluding carboxylic acids is 4. The smallest absolute Gasteiger partial charge is 0.325 e. The third-order valence-electron chi connectivity index (χ3n) is 7.97. The number of amides is 3. The van der Waals surface area contributed by atoms with Crippen LogP contribution >= 0.6 is 34.8 Å². The molecule has 0 spiro atoms. The van der Waals surface area contributed by atoms with Gasteiger partial charge in [-0.05, 0) is 62.5 Å². The van der Waals surface area contributed by atoms with Crippen LogP contribution in [0, 0.1) is 11.3 Å². The number of hydrogen-bond donors (Lipinski definition) is 4. The fourth-order valence-corrected chi connectivity index (χ4v) is 5.16. The van der Waals surface area contributed by atoms with Crippen molar-refractivity contribution in [2.24, 2.45) is 11.3 Å². The van der Waals surface area contributed by atoms with Gasteiger partial charge in [-0.15, -0.1) is 0 Å². The maximum absolute atomic E-state index is 13.4. The van der Waals surface area contributed by atoms with Gasteiger partial charge in [-0.2, -0.15) is 0 Å². The van der Waals surface area contributed by atoms with E-state index in [-0.39, 0.29) is 11.8 Å². The van der Waals surface area contributed by atoms with Gasteiger partial charge < -0.3 is 20.5 Å². The molecule has 3 amide bonds. The van der Waals surface area contributed by atoms with Crippen LogP contribution in [0.5, 0.6) is 0 Å². The second kappa shape index (κ2) is 15.9. The molecule has 0 bridgehead atoms. The predicted molar refractivity (Wildman–Crippen MR) is 178 cm³/mol. The average Bonchev–Trinajstić information content (AvgIpc) is 2.99. The van der Waals surface area contributed by atoms with Gasteiger partial charge >= 0.3 is 5.97 Å². The van der Waals surface area contributed by atoms with Crippen LogP contribution in [-0.2, 0) is 30.3 Å². The fraction of sp³-hybridized carbons (Fsp3) is 0.594. The summed E-state index contributed by atoms with van der Waals surface area (Å²) in [7, 11) is 0. The number of benzene rings is 1. The summed E-state index contributed by atoms with van der Waals surface area (Å²) in [6, 6.07) is 5.22. The zero-order valence-electron chi connectivity index (χ0n) is 27.0. The molecule has 3 rings (SSSR count). The van der Waals surface area contributed by atoms with E-state index < -0.39 is 57.8 Å². The molecule has 14 heteroatoms. The van der Waals surface area contributed by atoms with Gasteiger partial charge in [-0.3, -0.25) is 29.2 Å². The number of pyridine rings is 1. The lowest BCUT2D eigenvalue weighted by Crippen LogP contribution is -2.61. The number of aliphatic hydroxyl groups is 1. The van der Waals surface area contributed by atoms with E-state index >= 15 is 0 Å². The summed E-state index contributed by atoms with van der Waals surface area (Å²) in [5.74, 6) is -2.14. The molecule has 4 atom stereocenters. The fourth-order valence-electron chi connectivity index (χ4n) is 5.00. The molecule has 0 saturated carbocycles. The number of halogens is 3. The molecule has 2 heterocycles. The zero-order chi connectivity index (χ0) is 34.4. The monoisotopic (exact) mass is 699 g/mol. The number of carbonyl (C=O) groups is 4. The summed E-state index contributed by atoms with van der Waals surface area (Å²) in [5.41, 5.74) is 3.66. The maximum Gasteiger partial charge on any atom is 0.325 e. The predicted octanol–water partition coefficient (Wildman–Crippen LogP) is 4.30. The first kappa shape index (κ1) is 37.8. The van der Waals surface area contributed by atoms with E-state index in [0.29, 0.717) is 37.9 Å². The minimum Gasteiger partial charge on any atom is -0.460 e. The number of rotatable bonds is 12. The Morgan fingerprint density at radius 1 is 1.09 bits per heavy atom. The van der Waals surface area contributed by atoms with E-state index in [1.54, 1.807) is 20.0 Å². The summed E-state index contributed by atoms with van der Waals surface area (Å²) in [6.07, 6.45) is 3.14. The van der Waals surface area contributed by atoms with Gasteiger partial charge in [-0.25, -0.2) is 5.43 Å². The van der Waals surface area contributed by atoms with Crippen LogP contribution in [-0.4, -0.2) is 73.9 Å². The first-order valence-corrected chi connectivity index (χ1v) is 16.5. The number of fused-ring (bicyclic) bond motifs is 1. The van der Waals surface area contributed by atoms with Gasteiger partial charge in [0.05, 0.1) is 11.8 Å². The first-order chi connectivity index (χ1) is 21.4. The van der Waals surface area contributed by atoms with Gasteiger partial charge in [0.1, 0.15) is 24.7 Å². The van der Waals surface area contributed by atoms with Crippen molar-refractivity contribution in [2.45, 2.75) is 95.2 Å². The van der Waals surface area contributed by atoms with Crippen LogP contribution in [0.1, 0.15) is 78.2 Å². The van der Waals surface area contributed by atoms with Crippen LogP contribution < -0.4 is 16.1 Å². The molecule has 0 aliphatic carbocycles. The number of hydrogen-bond acceptors (Lipinski definition) is 8. The summed E-state index contributed by atoms with van der Waals surface area (Å²) >= 11 is 17.0. The van der Waals surface area contributed by atoms with Crippen molar-refractivity contribution >= 4 is 69.3 Å². The molecule has 1 aliphatic heterocycles. The Kier molecular flexibility index (Phi) is 13.1. The number of aromatic nitrogens is 1.